The predicted molar refractivity (Wildman–Crippen MR) is 165 cm³/mol. The van der Waals surface area contributed by atoms with Crippen molar-refractivity contribution in [1.82, 2.24) is 9.73 Å². The Hall–Kier alpha value is -5.00. The number of hydrogen-bond donors (Lipinski definition) is 2. The third-order valence-corrected chi connectivity index (χ3v) is 8.01. The van der Waals surface area contributed by atoms with Crippen molar-refractivity contribution >= 4 is 33.7 Å². The molecule has 0 aromatic heterocycles. The first kappa shape index (κ1) is 30.9. The minimum absolute atomic E-state index is 0.00313. The van der Waals surface area contributed by atoms with Crippen LogP contribution >= 0.6 is 0 Å². The number of amides is 2. The van der Waals surface area contributed by atoms with Crippen molar-refractivity contribution in [3.8, 4) is 11.5 Å². The monoisotopic (exact) mass is 600 g/mol. The molecular weight excluding hydrogens is 568 g/mol. The number of rotatable bonds is 13. The second-order valence-electron chi connectivity index (χ2n) is 9.50. The molecule has 43 heavy (non-hydrogen) atoms. The van der Waals surface area contributed by atoms with Gasteiger partial charge in [-0.2, -0.15) is 9.41 Å². The van der Waals surface area contributed by atoms with Gasteiger partial charge in [0.05, 0.1) is 24.8 Å². The van der Waals surface area contributed by atoms with Crippen LogP contribution < -0.4 is 20.2 Å². The van der Waals surface area contributed by atoms with Gasteiger partial charge in [-0.1, -0.05) is 48.0 Å². The van der Waals surface area contributed by atoms with Gasteiger partial charge in [0.15, 0.2) is 6.61 Å². The van der Waals surface area contributed by atoms with E-state index in [-0.39, 0.29) is 24.0 Å². The molecule has 0 radical (unpaired) electrons. The molecule has 0 heterocycles. The molecule has 0 aliphatic rings. The zero-order chi connectivity index (χ0) is 30.7. The lowest BCUT2D eigenvalue weighted by molar-refractivity contribution is -0.121. The van der Waals surface area contributed by atoms with Crippen LogP contribution in [0.25, 0.3) is 0 Å². The maximum Gasteiger partial charge on any atom is 0.262 e. The number of anilines is 1. The lowest BCUT2D eigenvalue weighted by Gasteiger charge is -2.21. The highest BCUT2D eigenvalue weighted by Gasteiger charge is 2.27. The molecule has 0 bridgehead atoms. The van der Waals surface area contributed by atoms with Gasteiger partial charge in [0, 0.05) is 12.2 Å². The van der Waals surface area contributed by atoms with Crippen LogP contribution in [-0.4, -0.2) is 51.0 Å². The molecule has 10 nitrogen and oxygen atoms in total. The highest BCUT2D eigenvalue weighted by Crippen LogP contribution is 2.21. The molecule has 0 fully saturated rings. The number of sulfonamides is 1. The molecule has 11 heteroatoms. The Kier molecular flexibility index (Phi) is 10.6. The number of benzene rings is 4. The minimum atomic E-state index is -4.01. The molecule has 0 aliphatic heterocycles. The number of nitrogens with one attached hydrogen (secondary N) is 2. The van der Waals surface area contributed by atoms with Crippen molar-refractivity contribution in [2.75, 3.05) is 25.6 Å². The molecule has 4 rings (SSSR count). The Bertz CT molecular complexity index is 1640. The van der Waals surface area contributed by atoms with Crippen LogP contribution in [0.2, 0.25) is 0 Å². The number of ether oxygens (including phenoxy) is 2. The van der Waals surface area contributed by atoms with Crippen LogP contribution in [0.15, 0.2) is 113 Å². The van der Waals surface area contributed by atoms with Gasteiger partial charge < -0.3 is 14.8 Å². The Morgan fingerprint density at radius 2 is 1.49 bits per heavy atom. The average Bonchev–Trinajstić information content (AvgIpc) is 3.02. The number of aryl methyl sites for hydroxylation is 1. The van der Waals surface area contributed by atoms with E-state index in [0.717, 1.165) is 15.4 Å². The van der Waals surface area contributed by atoms with E-state index in [4.69, 9.17) is 9.47 Å². The minimum Gasteiger partial charge on any atom is -0.497 e. The highest BCUT2D eigenvalue weighted by molar-refractivity contribution is 7.89. The Balaban J connectivity index is 1.32. The van der Waals surface area contributed by atoms with E-state index in [2.05, 4.69) is 15.8 Å². The first-order chi connectivity index (χ1) is 20.7. The maximum absolute atomic E-state index is 13.4. The van der Waals surface area contributed by atoms with Gasteiger partial charge >= 0.3 is 0 Å². The molecule has 0 unspecified atom stereocenters. The van der Waals surface area contributed by atoms with Crippen LogP contribution in [0, 0.1) is 6.92 Å². The summed E-state index contributed by atoms with van der Waals surface area (Å²) in [6, 6.07) is 29.2. The summed E-state index contributed by atoms with van der Waals surface area (Å²) in [6.07, 6.45) is 1.42. The summed E-state index contributed by atoms with van der Waals surface area (Å²) in [6.45, 7) is 1.36. The first-order valence-corrected chi connectivity index (χ1v) is 14.8. The van der Waals surface area contributed by atoms with Crippen molar-refractivity contribution in [1.29, 1.82) is 0 Å². The van der Waals surface area contributed by atoms with Crippen LogP contribution in [0.4, 0.5) is 5.69 Å². The lowest BCUT2D eigenvalue weighted by Crippen LogP contribution is -2.39. The fourth-order valence-corrected chi connectivity index (χ4v) is 5.30. The Morgan fingerprint density at radius 3 is 2.14 bits per heavy atom. The quantitative estimate of drug-likeness (QED) is 0.174. The summed E-state index contributed by atoms with van der Waals surface area (Å²) in [4.78, 5) is 24.9. The third-order valence-electron chi connectivity index (χ3n) is 6.21. The number of carbonyl (C=O) groups is 2. The number of methoxy groups -OCH3 is 1. The van der Waals surface area contributed by atoms with Gasteiger partial charge in [-0.3, -0.25) is 9.59 Å². The van der Waals surface area contributed by atoms with E-state index < -0.39 is 22.5 Å². The molecule has 222 valence electrons. The molecular formula is C32H32N4O6S. The smallest absolute Gasteiger partial charge is 0.262 e. The third kappa shape index (κ3) is 9.25. The standard InChI is InChI=1S/C32H32N4O6S/c1-24-8-12-27(13-9-24)34-32(38)23-42-29-14-10-25(11-15-29)20-33-35-31(37)22-36(21-26-6-4-3-5-7-26)43(39,40)30-18-16-28(41-2)17-19-30/h3-20H,21-23H2,1-2H3,(H,34,38)(H,35,37)/b33-20+. The van der Waals surface area contributed by atoms with Crippen molar-refractivity contribution < 1.29 is 27.5 Å². The van der Waals surface area contributed by atoms with E-state index in [1.807, 2.05) is 37.3 Å². The van der Waals surface area contributed by atoms with E-state index in [0.29, 0.717) is 22.7 Å². The van der Waals surface area contributed by atoms with Crippen molar-refractivity contribution in [3.63, 3.8) is 0 Å². The predicted octanol–water partition coefficient (Wildman–Crippen LogP) is 4.36. The SMILES string of the molecule is COc1ccc(S(=O)(=O)N(CC(=O)N/N=C/c2ccc(OCC(=O)Nc3ccc(C)cc3)cc2)Cc2ccccc2)cc1. The van der Waals surface area contributed by atoms with Crippen molar-refractivity contribution in [2.45, 2.75) is 18.4 Å². The zero-order valence-electron chi connectivity index (χ0n) is 23.8. The number of hydrogen-bond acceptors (Lipinski definition) is 7. The highest BCUT2D eigenvalue weighted by atomic mass is 32.2. The summed E-state index contributed by atoms with van der Waals surface area (Å²) in [5, 5.41) is 6.74. The van der Waals surface area contributed by atoms with E-state index >= 15 is 0 Å². The number of carbonyl (C=O) groups excluding carboxylic acids is 2. The molecule has 0 aliphatic carbocycles. The fourth-order valence-electron chi connectivity index (χ4n) is 3.92. The van der Waals surface area contributed by atoms with Gasteiger partial charge in [0.2, 0.25) is 10.0 Å². The molecule has 0 saturated heterocycles. The normalized spacial score (nSPS) is 11.3. The van der Waals surface area contributed by atoms with E-state index in [1.165, 1.54) is 25.5 Å². The molecule has 4 aromatic carbocycles. The lowest BCUT2D eigenvalue weighted by atomic mass is 10.2. The number of hydrazone groups is 1. The van der Waals surface area contributed by atoms with Crippen molar-refractivity contribution in [3.05, 3.63) is 120 Å². The van der Waals surface area contributed by atoms with Crippen LogP contribution in [-0.2, 0) is 26.2 Å². The molecule has 0 spiro atoms. The molecule has 0 saturated carbocycles. The second kappa shape index (κ2) is 14.8. The van der Waals surface area contributed by atoms with Gasteiger partial charge in [-0.05, 0) is 78.7 Å². The Labute approximate surface area is 251 Å². The number of nitrogens with zero attached hydrogens (tertiary/aromatic N) is 2. The fraction of sp³-hybridized carbons (Fsp3) is 0.156. The van der Waals surface area contributed by atoms with Crippen molar-refractivity contribution in [2.24, 2.45) is 5.10 Å². The van der Waals surface area contributed by atoms with Crippen LogP contribution in [0.5, 0.6) is 11.5 Å². The zero-order valence-corrected chi connectivity index (χ0v) is 24.6. The van der Waals surface area contributed by atoms with Crippen LogP contribution in [0.1, 0.15) is 16.7 Å². The summed E-state index contributed by atoms with van der Waals surface area (Å²) >= 11 is 0. The summed E-state index contributed by atoms with van der Waals surface area (Å²) in [5.74, 6) is 0.112. The summed E-state index contributed by atoms with van der Waals surface area (Å²) in [7, 11) is -2.52. The summed E-state index contributed by atoms with van der Waals surface area (Å²) < 4.78 is 38.6. The maximum atomic E-state index is 13.4. The van der Waals surface area contributed by atoms with Gasteiger partial charge in [-0.25, -0.2) is 13.8 Å². The molecule has 4 aromatic rings. The summed E-state index contributed by atoms with van der Waals surface area (Å²) in [5.41, 5.74) is 5.56. The molecule has 0 atom stereocenters. The van der Waals surface area contributed by atoms with E-state index in [1.54, 1.807) is 60.7 Å². The van der Waals surface area contributed by atoms with Gasteiger partial charge in [0.25, 0.3) is 11.8 Å². The van der Waals surface area contributed by atoms with Gasteiger partial charge in [0.1, 0.15) is 11.5 Å². The Morgan fingerprint density at radius 1 is 0.837 bits per heavy atom. The first-order valence-electron chi connectivity index (χ1n) is 13.3. The van der Waals surface area contributed by atoms with E-state index in [9.17, 15) is 18.0 Å². The topological polar surface area (TPSA) is 126 Å². The van der Waals surface area contributed by atoms with Crippen LogP contribution in [0.3, 0.4) is 0 Å². The molecule has 2 amide bonds. The molecule has 2 N–H and O–H groups in total. The largest absolute Gasteiger partial charge is 0.497 e. The second-order valence-corrected chi connectivity index (χ2v) is 11.4. The van der Waals surface area contributed by atoms with Gasteiger partial charge in [-0.15, -0.1) is 0 Å². The average molecular weight is 601 g/mol.